The molecule has 0 atom stereocenters. The molecule has 0 aromatic heterocycles. The number of rotatable bonds is 15. The van der Waals surface area contributed by atoms with Crippen molar-refractivity contribution in [1.82, 2.24) is 0 Å². The van der Waals surface area contributed by atoms with Gasteiger partial charge in [-0.3, -0.25) is 0 Å². The number of halogens is 3. The lowest BCUT2D eigenvalue weighted by Crippen LogP contribution is -3.00. The first-order chi connectivity index (χ1) is 17.1. The number of hydrogen-bond acceptors (Lipinski definition) is 6. The minimum absolute atomic E-state index is 0. The average Bonchev–Trinajstić information content (AvgIpc) is 2.75. The van der Waals surface area contributed by atoms with Gasteiger partial charge in [0.05, 0.1) is 103 Å². The number of nitrogens with zero attached hydrogens (tertiary/aromatic N) is 3. The topological polar surface area (TPSA) is 78.9 Å². The summed E-state index contributed by atoms with van der Waals surface area (Å²) in [4.78, 5) is 32.5. The van der Waals surface area contributed by atoms with Crippen molar-refractivity contribution in [2.45, 2.75) is 33.1 Å². The molecule has 0 aromatic carbocycles. The van der Waals surface area contributed by atoms with Crippen LogP contribution in [0.15, 0.2) is 37.0 Å². The second-order valence-corrected chi connectivity index (χ2v) is 12.3. The molecule has 41 heavy (non-hydrogen) atoms. The number of quaternary nitrogens is 3. The van der Waals surface area contributed by atoms with Gasteiger partial charge in [-0.2, -0.15) is 0 Å². The van der Waals surface area contributed by atoms with E-state index in [1.54, 1.807) is 13.8 Å². The van der Waals surface area contributed by atoms with Gasteiger partial charge in [0, 0.05) is 36.5 Å². The third-order valence-corrected chi connectivity index (χ3v) is 4.49. The summed E-state index contributed by atoms with van der Waals surface area (Å²) in [5.74, 6) is -0.917. The fraction of sp³-hybridized carbons (Fsp3) is 0.690. The molecule has 0 saturated carbocycles. The van der Waals surface area contributed by atoms with E-state index >= 15 is 0 Å². The first kappa shape index (κ1) is 52.1. The van der Waals surface area contributed by atoms with Crippen LogP contribution in [0.2, 0.25) is 0 Å². The third-order valence-electron chi connectivity index (χ3n) is 4.49. The lowest BCUT2D eigenvalue weighted by Gasteiger charge is -2.23. The molecule has 0 fully saturated rings. The van der Waals surface area contributed by atoms with Gasteiger partial charge >= 0.3 is 17.9 Å². The Morgan fingerprint density at radius 2 is 0.805 bits per heavy atom. The molecule has 246 valence electrons. The summed E-state index contributed by atoms with van der Waals surface area (Å²) in [5.41, 5.74) is 0.926. The van der Waals surface area contributed by atoms with Crippen molar-refractivity contribution in [1.29, 1.82) is 0 Å². The third kappa shape index (κ3) is 48.4. The zero-order valence-electron chi connectivity index (χ0n) is 27.5. The summed E-state index contributed by atoms with van der Waals surface area (Å²) in [6.07, 6.45) is 3.86. The zero-order valence-corrected chi connectivity index (χ0v) is 29.8. The van der Waals surface area contributed by atoms with Crippen LogP contribution in [0.3, 0.4) is 0 Å². The number of carbonyl (C=O) groups is 3. The van der Waals surface area contributed by atoms with Crippen molar-refractivity contribution < 1.29 is 79.3 Å². The molecule has 0 amide bonds. The molecular weight excluding hydrogens is 593 g/mol. The molecule has 12 heteroatoms. The Morgan fingerprint density at radius 3 is 1.00 bits per heavy atom. The first-order valence-corrected chi connectivity index (χ1v) is 13.0. The van der Waals surface area contributed by atoms with E-state index in [9.17, 15) is 14.4 Å². The van der Waals surface area contributed by atoms with Crippen molar-refractivity contribution in [2.24, 2.45) is 0 Å². The second kappa shape index (κ2) is 27.2. The van der Waals surface area contributed by atoms with Gasteiger partial charge < -0.3 is 64.9 Å². The van der Waals surface area contributed by atoms with E-state index in [-0.39, 0.29) is 55.1 Å². The van der Waals surface area contributed by atoms with Crippen LogP contribution in [0.4, 0.5) is 0 Å². The highest BCUT2D eigenvalue weighted by Gasteiger charge is 2.09. The normalized spacial score (nSPS) is 10.2. The Morgan fingerprint density at radius 1 is 0.561 bits per heavy atom. The van der Waals surface area contributed by atoms with Gasteiger partial charge in [0.15, 0.2) is 0 Å². The lowest BCUT2D eigenvalue weighted by molar-refractivity contribution is -0.870. The standard InChI is InChI=1S/2C10H20NO2.C9H18NO2.3ClH/c2*1-9(2)10(12)13-8-6-7-11(3,4)5;1-5-9(11)12-8-6-7-10(2,3)4;;;/h2*1,6-8H2,2-5H3;5H,1,6-8H2,2-4H3;3*1H/q3*+1;;;/p-3. The van der Waals surface area contributed by atoms with Gasteiger partial charge in [-0.05, 0) is 13.8 Å². The smallest absolute Gasteiger partial charge is 0.333 e. The molecule has 0 heterocycles. The minimum Gasteiger partial charge on any atom is -1.00 e. The molecule has 0 aliphatic heterocycles. The van der Waals surface area contributed by atoms with Crippen molar-refractivity contribution in [3.05, 3.63) is 37.0 Å². The van der Waals surface area contributed by atoms with Crippen molar-refractivity contribution in [3.8, 4) is 0 Å². The molecular formula is C29H58Cl3N3O6. The number of ether oxygens (including phenoxy) is 3. The fourth-order valence-corrected chi connectivity index (χ4v) is 2.42. The molecule has 9 nitrogen and oxygen atoms in total. The van der Waals surface area contributed by atoms with E-state index in [2.05, 4.69) is 83.2 Å². The number of esters is 3. The molecule has 0 aliphatic rings. The van der Waals surface area contributed by atoms with Gasteiger partial charge in [-0.15, -0.1) is 0 Å². The summed E-state index contributed by atoms with van der Waals surface area (Å²) in [6, 6.07) is 0. The van der Waals surface area contributed by atoms with Gasteiger partial charge in [0.2, 0.25) is 0 Å². The summed E-state index contributed by atoms with van der Waals surface area (Å²) < 4.78 is 17.4. The number of carbonyl (C=O) groups excluding carboxylic acids is 3. The average molecular weight is 651 g/mol. The molecule has 0 unspecified atom stereocenters. The highest BCUT2D eigenvalue weighted by molar-refractivity contribution is 5.87. The van der Waals surface area contributed by atoms with E-state index in [0.29, 0.717) is 31.0 Å². The van der Waals surface area contributed by atoms with Crippen LogP contribution in [-0.2, 0) is 28.6 Å². The van der Waals surface area contributed by atoms with Crippen LogP contribution in [0.1, 0.15) is 33.1 Å². The van der Waals surface area contributed by atoms with Crippen LogP contribution < -0.4 is 37.2 Å². The largest absolute Gasteiger partial charge is 1.00 e. The Hall–Kier alpha value is -1.62. The van der Waals surface area contributed by atoms with Crippen LogP contribution in [0.5, 0.6) is 0 Å². The van der Waals surface area contributed by atoms with Gasteiger partial charge in [-0.25, -0.2) is 14.4 Å². The van der Waals surface area contributed by atoms with E-state index in [0.717, 1.165) is 52.3 Å². The SMILES string of the molecule is C=C(C)C(=O)OCCC[N+](C)(C)C.C=C(C)C(=O)OCCC[N+](C)(C)C.C=CC(=O)OCCC[N+](C)(C)C.[Cl-].[Cl-].[Cl-]. The zero-order chi connectivity index (χ0) is 30.6. The molecule has 0 spiro atoms. The van der Waals surface area contributed by atoms with Crippen LogP contribution >= 0.6 is 0 Å². The van der Waals surface area contributed by atoms with Crippen molar-refractivity contribution in [3.63, 3.8) is 0 Å². The highest BCUT2D eigenvalue weighted by Crippen LogP contribution is 1.98. The van der Waals surface area contributed by atoms with Crippen LogP contribution in [0, 0.1) is 0 Å². The monoisotopic (exact) mass is 649 g/mol. The van der Waals surface area contributed by atoms with E-state index in [1.807, 2.05) is 0 Å². The molecule has 0 aliphatic carbocycles. The van der Waals surface area contributed by atoms with Crippen molar-refractivity contribution >= 4 is 17.9 Å². The predicted molar refractivity (Wildman–Crippen MR) is 155 cm³/mol. The Balaban J connectivity index is -0.000000108. The maximum absolute atomic E-state index is 10.9. The molecule has 0 rings (SSSR count). The fourth-order valence-electron chi connectivity index (χ4n) is 2.42. The summed E-state index contributed by atoms with van der Waals surface area (Å²) in [5, 5.41) is 0. The van der Waals surface area contributed by atoms with Crippen molar-refractivity contribution in [2.75, 3.05) is 103 Å². The summed E-state index contributed by atoms with van der Waals surface area (Å²) in [7, 11) is 19.0. The van der Waals surface area contributed by atoms with E-state index in [1.165, 1.54) is 6.08 Å². The Labute approximate surface area is 269 Å². The minimum atomic E-state index is -0.337. The van der Waals surface area contributed by atoms with E-state index in [4.69, 9.17) is 14.2 Å². The second-order valence-electron chi connectivity index (χ2n) is 12.3. The molecule has 0 radical (unpaired) electrons. The van der Waals surface area contributed by atoms with Gasteiger partial charge in [0.25, 0.3) is 0 Å². The Kier molecular flexibility index (Phi) is 34.6. The maximum atomic E-state index is 10.9. The van der Waals surface area contributed by atoms with Crippen LogP contribution in [0.25, 0.3) is 0 Å². The summed E-state index contributed by atoms with van der Waals surface area (Å²) in [6.45, 7) is 18.1. The highest BCUT2D eigenvalue weighted by atomic mass is 35.5. The summed E-state index contributed by atoms with van der Waals surface area (Å²) >= 11 is 0. The van der Waals surface area contributed by atoms with Crippen LogP contribution in [-0.4, -0.2) is 134 Å². The quantitative estimate of drug-likeness (QED) is 0.0579. The number of hydrogen-bond donors (Lipinski definition) is 0. The van der Waals surface area contributed by atoms with E-state index < -0.39 is 0 Å². The molecule has 0 bridgehead atoms. The first-order valence-electron chi connectivity index (χ1n) is 13.0. The predicted octanol–water partition coefficient (Wildman–Crippen LogP) is -5.77. The molecule has 0 N–H and O–H groups in total. The molecule has 0 aromatic rings. The molecule has 0 saturated heterocycles. The maximum Gasteiger partial charge on any atom is 0.333 e. The van der Waals surface area contributed by atoms with Gasteiger partial charge in [0.1, 0.15) is 0 Å². The van der Waals surface area contributed by atoms with Gasteiger partial charge in [-0.1, -0.05) is 19.7 Å². The Bertz CT molecular complexity index is 712. The lowest BCUT2D eigenvalue weighted by atomic mass is 10.3.